The minimum Gasteiger partial charge on any atom is -0.300 e. The van der Waals surface area contributed by atoms with Crippen LogP contribution in [0, 0.1) is 17.8 Å². The zero-order chi connectivity index (χ0) is 13.0. The zero-order valence-electron chi connectivity index (χ0n) is 11.6. The van der Waals surface area contributed by atoms with E-state index in [4.69, 9.17) is 0 Å². The molecule has 0 bridgehead atoms. The van der Waals surface area contributed by atoms with Gasteiger partial charge in [-0.05, 0) is 43.4 Å². The predicted octanol–water partition coefficient (Wildman–Crippen LogP) is 3.92. The van der Waals surface area contributed by atoms with Gasteiger partial charge in [0.05, 0.1) is 0 Å². The molecule has 2 saturated carbocycles. The van der Waals surface area contributed by atoms with Gasteiger partial charge in [0.25, 0.3) is 0 Å². The molecule has 0 amide bonds. The van der Waals surface area contributed by atoms with Gasteiger partial charge in [0, 0.05) is 25.7 Å². The van der Waals surface area contributed by atoms with E-state index in [1.54, 1.807) is 0 Å². The molecule has 0 N–H and O–H groups in total. The number of hydrogen-bond acceptors (Lipinski definition) is 2. The lowest BCUT2D eigenvalue weighted by Gasteiger charge is -2.37. The van der Waals surface area contributed by atoms with Gasteiger partial charge in [-0.3, -0.25) is 9.59 Å². The number of rotatable bonds is 4. The maximum Gasteiger partial charge on any atom is 0.132 e. The summed E-state index contributed by atoms with van der Waals surface area (Å²) in [6, 6.07) is 0. The fourth-order valence-corrected chi connectivity index (χ4v) is 3.97. The Labute approximate surface area is 111 Å². The molecule has 102 valence electrons. The number of hydrogen-bond donors (Lipinski definition) is 0. The van der Waals surface area contributed by atoms with Gasteiger partial charge in [-0.1, -0.05) is 19.8 Å². The van der Waals surface area contributed by atoms with Gasteiger partial charge in [0.15, 0.2) is 0 Å². The normalized spacial score (nSPS) is 23.9. The van der Waals surface area contributed by atoms with Crippen LogP contribution in [0.1, 0.15) is 71.1 Å². The van der Waals surface area contributed by atoms with E-state index in [-0.39, 0.29) is 0 Å². The van der Waals surface area contributed by atoms with Gasteiger partial charge in [0.1, 0.15) is 11.6 Å². The van der Waals surface area contributed by atoms with Crippen LogP contribution >= 0.6 is 0 Å². The Bertz CT molecular complexity index is 260. The lowest BCUT2D eigenvalue weighted by molar-refractivity contribution is -0.122. The minimum atomic E-state index is 0.459. The average molecular weight is 250 g/mol. The molecule has 2 aliphatic carbocycles. The Morgan fingerprint density at radius 2 is 1.28 bits per heavy atom. The van der Waals surface area contributed by atoms with Crippen molar-refractivity contribution in [2.24, 2.45) is 17.8 Å². The molecule has 0 atom stereocenters. The molecule has 0 aliphatic heterocycles. The Morgan fingerprint density at radius 1 is 0.889 bits per heavy atom. The third kappa shape index (κ3) is 3.43. The van der Waals surface area contributed by atoms with Gasteiger partial charge in [-0.2, -0.15) is 0 Å². The summed E-state index contributed by atoms with van der Waals surface area (Å²) in [5.41, 5.74) is 0. The van der Waals surface area contributed by atoms with Crippen LogP contribution in [0.4, 0.5) is 0 Å². The van der Waals surface area contributed by atoms with Gasteiger partial charge < -0.3 is 0 Å². The fourth-order valence-electron chi connectivity index (χ4n) is 3.97. The van der Waals surface area contributed by atoms with Crippen molar-refractivity contribution in [3.63, 3.8) is 0 Å². The van der Waals surface area contributed by atoms with Crippen LogP contribution in [-0.4, -0.2) is 11.6 Å². The molecule has 0 aromatic carbocycles. The lowest BCUT2D eigenvalue weighted by atomic mass is 9.68. The second kappa shape index (κ2) is 6.49. The summed E-state index contributed by atoms with van der Waals surface area (Å²) < 4.78 is 0. The minimum absolute atomic E-state index is 0.459. The molecule has 18 heavy (non-hydrogen) atoms. The van der Waals surface area contributed by atoms with E-state index >= 15 is 0 Å². The SMILES string of the molecule is CCCC(C1CCC(=O)CC1)C1CCC(=O)CC1. The van der Waals surface area contributed by atoms with Crippen molar-refractivity contribution in [3.05, 3.63) is 0 Å². The van der Waals surface area contributed by atoms with E-state index in [0.29, 0.717) is 11.6 Å². The van der Waals surface area contributed by atoms with Gasteiger partial charge in [0.2, 0.25) is 0 Å². The molecule has 0 aromatic heterocycles. The molecule has 0 aromatic rings. The summed E-state index contributed by atoms with van der Waals surface area (Å²) in [6.07, 6.45) is 10.2. The van der Waals surface area contributed by atoms with Crippen molar-refractivity contribution in [3.8, 4) is 0 Å². The molecular formula is C16H26O2. The van der Waals surface area contributed by atoms with E-state index in [9.17, 15) is 9.59 Å². The second-order valence-electron chi connectivity index (χ2n) is 6.20. The summed E-state index contributed by atoms with van der Waals surface area (Å²) in [5, 5.41) is 0. The number of Topliss-reactive ketones (excluding diaryl/α,β-unsaturated/α-hetero) is 2. The third-order valence-electron chi connectivity index (χ3n) is 5.01. The van der Waals surface area contributed by atoms with Crippen molar-refractivity contribution in [1.82, 2.24) is 0 Å². The van der Waals surface area contributed by atoms with Crippen molar-refractivity contribution in [1.29, 1.82) is 0 Å². The molecule has 0 unspecified atom stereocenters. The van der Waals surface area contributed by atoms with Crippen LogP contribution in [0.2, 0.25) is 0 Å². The molecule has 0 radical (unpaired) electrons. The first-order chi connectivity index (χ1) is 8.70. The van der Waals surface area contributed by atoms with Crippen LogP contribution in [0.15, 0.2) is 0 Å². The molecule has 2 aliphatic rings. The van der Waals surface area contributed by atoms with Crippen LogP contribution in [0.3, 0.4) is 0 Å². The standard InChI is InChI=1S/C16H26O2/c1-2-3-16(12-4-8-14(17)9-5-12)13-6-10-15(18)11-7-13/h12-13,16H,2-11H2,1H3. The molecule has 0 saturated heterocycles. The Kier molecular flexibility index (Phi) is 4.96. The summed E-state index contributed by atoms with van der Waals surface area (Å²) in [7, 11) is 0. The van der Waals surface area contributed by atoms with Crippen LogP contribution < -0.4 is 0 Å². The van der Waals surface area contributed by atoms with Crippen molar-refractivity contribution >= 4 is 11.6 Å². The topological polar surface area (TPSA) is 34.1 Å². The molecule has 2 nitrogen and oxygen atoms in total. The summed E-state index contributed by atoms with van der Waals surface area (Å²) in [6.45, 7) is 2.26. The second-order valence-corrected chi connectivity index (χ2v) is 6.20. The Hall–Kier alpha value is -0.660. The van der Waals surface area contributed by atoms with Gasteiger partial charge >= 0.3 is 0 Å². The zero-order valence-corrected chi connectivity index (χ0v) is 11.6. The maximum absolute atomic E-state index is 11.4. The molecule has 2 rings (SSSR count). The number of carbonyl (C=O) groups is 2. The smallest absolute Gasteiger partial charge is 0.132 e. The van der Waals surface area contributed by atoms with Crippen molar-refractivity contribution in [2.45, 2.75) is 71.1 Å². The molecular weight excluding hydrogens is 224 g/mol. The van der Waals surface area contributed by atoms with Crippen LogP contribution in [0.5, 0.6) is 0 Å². The highest BCUT2D eigenvalue weighted by Gasteiger charge is 2.33. The van der Waals surface area contributed by atoms with Gasteiger partial charge in [-0.25, -0.2) is 0 Å². The van der Waals surface area contributed by atoms with E-state index in [1.165, 1.54) is 12.8 Å². The fraction of sp³-hybridized carbons (Fsp3) is 0.875. The summed E-state index contributed by atoms with van der Waals surface area (Å²) in [5.74, 6) is 3.19. The first kappa shape index (κ1) is 13.8. The molecule has 0 spiro atoms. The van der Waals surface area contributed by atoms with E-state index in [2.05, 4.69) is 6.92 Å². The molecule has 2 fully saturated rings. The lowest BCUT2D eigenvalue weighted by Crippen LogP contribution is -2.30. The van der Waals surface area contributed by atoms with Crippen LogP contribution in [0.25, 0.3) is 0 Å². The highest BCUT2D eigenvalue weighted by atomic mass is 16.1. The Morgan fingerprint density at radius 3 is 1.61 bits per heavy atom. The average Bonchev–Trinajstić information content (AvgIpc) is 2.39. The first-order valence-electron chi connectivity index (χ1n) is 7.74. The van der Waals surface area contributed by atoms with E-state index in [0.717, 1.165) is 69.1 Å². The number of ketones is 2. The Balaban J connectivity index is 1.94. The largest absolute Gasteiger partial charge is 0.300 e. The van der Waals surface area contributed by atoms with E-state index in [1.807, 2.05) is 0 Å². The highest BCUT2D eigenvalue weighted by molar-refractivity contribution is 5.79. The third-order valence-corrected chi connectivity index (χ3v) is 5.01. The first-order valence-corrected chi connectivity index (χ1v) is 7.74. The quantitative estimate of drug-likeness (QED) is 0.757. The highest BCUT2D eigenvalue weighted by Crippen LogP contribution is 2.40. The molecule has 2 heteroatoms. The number of carbonyl (C=O) groups excluding carboxylic acids is 2. The predicted molar refractivity (Wildman–Crippen MR) is 72.3 cm³/mol. The maximum atomic E-state index is 11.4. The van der Waals surface area contributed by atoms with Crippen molar-refractivity contribution < 1.29 is 9.59 Å². The molecule has 0 heterocycles. The van der Waals surface area contributed by atoms with Gasteiger partial charge in [-0.15, -0.1) is 0 Å². The summed E-state index contributed by atoms with van der Waals surface area (Å²) in [4.78, 5) is 22.7. The van der Waals surface area contributed by atoms with E-state index < -0.39 is 0 Å². The monoisotopic (exact) mass is 250 g/mol. The van der Waals surface area contributed by atoms with Crippen molar-refractivity contribution in [2.75, 3.05) is 0 Å². The van der Waals surface area contributed by atoms with Crippen LogP contribution in [-0.2, 0) is 9.59 Å². The summed E-state index contributed by atoms with van der Waals surface area (Å²) >= 11 is 0.